The van der Waals surface area contributed by atoms with Crippen molar-refractivity contribution in [2.75, 3.05) is 6.61 Å². The molecule has 1 fully saturated rings. The Hall–Kier alpha value is -4.22. The predicted molar refractivity (Wildman–Crippen MR) is 152 cm³/mol. The van der Waals surface area contributed by atoms with E-state index in [1.165, 1.54) is 0 Å². The molecule has 206 valence electrons. The maximum Gasteiger partial charge on any atom is 0.329 e. The molecule has 40 heavy (non-hydrogen) atoms. The van der Waals surface area contributed by atoms with Gasteiger partial charge < -0.3 is 9.84 Å². The highest BCUT2D eigenvalue weighted by molar-refractivity contribution is 5.70. The van der Waals surface area contributed by atoms with Crippen LogP contribution in [0.5, 0.6) is 0 Å². The van der Waals surface area contributed by atoms with E-state index in [9.17, 15) is 14.9 Å². The Bertz CT molecular complexity index is 1590. The van der Waals surface area contributed by atoms with Crippen LogP contribution in [0.25, 0.3) is 16.8 Å². The van der Waals surface area contributed by atoms with Crippen LogP contribution in [-0.2, 0) is 22.4 Å². The van der Waals surface area contributed by atoms with Crippen LogP contribution in [0.3, 0.4) is 0 Å². The summed E-state index contributed by atoms with van der Waals surface area (Å²) in [6, 6.07) is 19.8. The van der Waals surface area contributed by atoms with E-state index in [2.05, 4.69) is 18.1 Å². The zero-order chi connectivity index (χ0) is 28.1. The van der Waals surface area contributed by atoms with Gasteiger partial charge in [0.05, 0.1) is 29.6 Å². The van der Waals surface area contributed by atoms with E-state index in [-0.39, 0.29) is 24.3 Å². The number of rotatable bonds is 10. The molecular formula is C32H34N4O4. The lowest BCUT2D eigenvalue weighted by Gasteiger charge is -2.30. The van der Waals surface area contributed by atoms with Gasteiger partial charge in [-0.05, 0) is 61.3 Å². The predicted octanol–water partition coefficient (Wildman–Crippen LogP) is 5.55. The van der Waals surface area contributed by atoms with Crippen LogP contribution in [0.2, 0.25) is 0 Å². The molecule has 2 aromatic carbocycles. The molecule has 0 aliphatic heterocycles. The summed E-state index contributed by atoms with van der Waals surface area (Å²) in [5.41, 5.74) is 6.06. The van der Waals surface area contributed by atoms with Crippen molar-refractivity contribution in [2.24, 2.45) is 0 Å². The zero-order valence-electron chi connectivity index (χ0n) is 22.8. The number of nitriles is 1. The molecule has 0 spiro atoms. The van der Waals surface area contributed by atoms with Gasteiger partial charge in [0, 0.05) is 24.1 Å². The topological polar surface area (TPSA) is 110 Å². The molecule has 1 aliphatic rings. The summed E-state index contributed by atoms with van der Waals surface area (Å²) in [6.07, 6.45) is 7.79. The second-order valence-electron chi connectivity index (χ2n) is 10.5. The molecule has 0 amide bonds. The Morgan fingerprint density at radius 1 is 1.10 bits per heavy atom. The SMILES string of the molecule is CCCCc1c(Cc2ccc(-c3ccccc3C#N)cc2)c(=O)n(C2CCC(OCC(=O)O)CC2)c2ccnn12. The van der Waals surface area contributed by atoms with Crippen molar-refractivity contribution in [2.45, 2.75) is 70.4 Å². The molecule has 0 atom stereocenters. The molecular weight excluding hydrogens is 504 g/mol. The van der Waals surface area contributed by atoms with Crippen molar-refractivity contribution >= 4 is 11.6 Å². The van der Waals surface area contributed by atoms with Crippen molar-refractivity contribution in [3.05, 3.63) is 93.5 Å². The molecule has 0 saturated heterocycles. The van der Waals surface area contributed by atoms with Crippen LogP contribution in [0.15, 0.2) is 65.6 Å². The summed E-state index contributed by atoms with van der Waals surface area (Å²) in [4.78, 5) is 25.1. The second kappa shape index (κ2) is 12.3. The van der Waals surface area contributed by atoms with E-state index in [0.717, 1.165) is 65.7 Å². The number of nitrogens with zero attached hydrogens (tertiary/aromatic N) is 4. The molecule has 4 aromatic rings. The number of aryl methyl sites for hydroxylation is 1. The fraction of sp³-hybridized carbons (Fsp3) is 0.375. The Morgan fingerprint density at radius 3 is 2.55 bits per heavy atom. The molecule has 1 N–H and O–H groups in total. The first-order valence-corrected chi connectivity index (χ1v) is 14.0. The molecule has 2 aromatic heterocycles. The molecule has 5 rings (SSSR count). The van der Waals surface area contributed by atoms with E-state index in [4.69, 9.17) is 9.84 Å². The first-order valence-electron chi connectivity index (χ1n) is 14.0. The van der Waals surface area contributed by atoms with Crippen LogP contribution in [0.4, 0.5) is 0 Å². The summed E-state index contributed by atoms with van der Waals surface area (Å²) in [5, 5.41) is 23.1. The molecule has 8 heteroatoms. The van der Waals surface area contributed by atoms with Crippen LogP contribution in [-0.4, -0.2) is 38.0 Å². The minimum Gasteiger partial charge on any atom is -0.480 e. The molecule has 1 saturated carbocycles. The average Bonchev–Trinajstić information content (AvgIpc) is 3.46. The van der Waals surface area contributed by atoms with Gasteiger partial charge in [-0.2, -0.15) is 10.4 Å². The monoisotopic (exact) mass is 538 g/mol. The lowest BCUT2D eigenvalue weighted by atomic mass is 9.92. The van der Waals surface area contributed by atoms with Crippen LogP contribution >= 0.6 is 0 Å². The van der Waals surface area contributed by atoms with Gasteiger partial charge in [0.1, 0.15) is 12.3 Å². The van der Waals surface area contributed by atoms with Crippen molar-refractivity contribution in [1.82, 2.24) is 14.2 Å². The quantitative estimate of drug-likeness (QED) is 0.283. The smallest absolute Gasteiger partial charge is 0.329 e. The average molecular weight is 539 g/mol. The summed E-state index contributed by atoms with van der Waals surface area (Å²) in [5.74, 6) is -0.964. The minimum absolute atomic E-state index is 0.000197. The highest BCUT2D eigenvalue weighted by atomic mass is 16.5. The number of carboxylic acids is 1. The fourth-order valence-electron chi connectivity index (χ4n) is 5.82. The van der Waals surface area contributed by atoms with Gasteiger partial charge in [0.15, 0.2) is 0 Å². The highest BCUT2D eigenvalue weighted by Crippen LogP contribution is 2.31. The maximum absolute atomic E-state index is 14.2. The first kappa shape index (κ1) is 27.4. The minimum atomic E-state index is -0.964. The third-order valence-electron chi connectivity index (χ3n) is 7.86. The number of carbonyl (C=O) groups is 1. The van der Waals surface area contributed by atoms with E-state index in [0.29, 0.717) is 24.8 Å². The maximum atomic E-state index is 14.2. The molecule has 0 bridgehead atoms. The van der Waals surface area contributed by atoms with E-state index >= 15 is 0 Å². The van der Waals surface area contributed by atoms with Gasteiger partial charge in [-0.3, -0.25) is 9.36 Å². The number of fused-ring (bicyclic) bond motifs is 1. The molecule has 8 nitrogen and oxygen atoms in total. The number of hydrogen-bond acceptors (Lipinski definition) is 5. The van der Waals surface area contributed by atoms with Gasteiger partial charge >= 0.3 is 5.97 Å². The standard InChI is InChI=1S/C32H34N4O4/c1-2-3-8-29-28(19-22-9-11-23(12-10-22)27-7-5-4-6-24(27)20-33)32(39)35(30-17-18-34-36(29)30)25-13-15-26(16-14-25)40-21-31(37)38/h4-7,9-12,17-18,25-26H,2-3,8,13-16,19,21H2,1H3,(H,37,38). The van der Waals surface area contributed by atoms with Gasteiger partial charge in [-0.15, -0.1) is 0 Å². The third-order valence-corrected chi connectivity index (χ3v) is 7.86. The van der Waals surface area contributed by atoms with E-state index in [1.807, 2.05) is 63.7 Å². The van der Waals surface area contributed by atoms with Crippen molar-refractivity contribution < 1.29 is 14.6 Å². The van der Waals surface area contributed by atoms with Crippen LogP contribution < -0.4 is 5.56 Å². The van der Waals surface area contributed by atoms with Gasteiger partial charge in [-0.1, -0.05) is 55.8 Å². The Kier molecular flexibility index (Phi) is 8.42. The number of benzene rings is 2. The Labute approximate surface area is 233 Å². The highest BCUT2D eigenvalue weighted by Gasteiger charge is 2.28. The van der Waals surface area contributed by atoms with E-state index in [1.54, 1.807) is 6.20 Å². The Morgan fingerprint density at radius 2 is 1.85 bits per heavy atom. The fourth-order valence-corrected chi connectivity index (χ4v) is 5.82. The zero-order valence-corrected chi connectivity index (χ0v) is 22.8. The number of ether oxygens (including phenoxy) is 1. The molecule has 0 unspecified atom stereocenters. The van der Waals surface area contributed by atoms with Crippen molar-refractivity contribution in [3.63, 3.8) is 0 Å². The van der Waals surface area contributed by atoms with Gasteiger partial charge in [0.2, 0.25) is 0 Å². The lowest BCUT2D eigenvalue weighted by molar-refractivity contribution is -0.145. The number of carboxylic acid groups (broad SMARTS) is 1. The van der Waals surface area contributed by atoms with Crippen LogP contribution in [0.1, 0.15) is 73.9 Å². The van der Waals surface area contributed by atoms with E-state index < -0.39 is 5.97 Å². The second-order valence-corrected chi connectivity index (χ2v) is 10.5. The number of aliphatic carboxylic acids is 1. The van der Waals surface area contributed by atoms with Crippen LogP contribution in [0, 0.1) is 11.3 Å². The van der Waals surface area contributed by atoms with Crippen molar-refractivity contribution in [3.8, 4) is 17.2 Å². The summed E-state index contributed by atoms with van der Waals surface area (Å²) in [7, 11) is 0. The molecule has 2 heterocycles. The summed E-state index contributed by atoms with van der Waals surface area (Å²) in [6.45, 7) is 1.85. The summed E-state index contributed by atoms with van der Waals surface area (Å²) >= 11 is 0. The number of hydrogen-bond donors (Lipinski definition) is 1. The third kappa shape index (κ3) is 5.70. The van der Waals surface area contributed by atoms with Gasteiger partial charge in [-0.25, -0.2) is 9.31 Å². The molecule has 0 radical (unpaired) electrons. The first-order chi connectivity index (χ1) is 19.5. The summed E-state index contributed by atoms with van der Waals surface area (Å²) < 4.78 is 9.38. The van der Waals surface area contributed by atoms with Gasteiger partial charge in [0.25, 0.3) is 5.56 Å². The largest absolute Gasteiger partial charge is 0.480 e. The Balaban J connectivity index is 1.48. The number of unbranched alkanes of at least 4 members (excludes halogenated alkanes) is 1. The number of aromatic nitrogens is 3. The molecule has 1 aliphatic carbocycles. The van der Waals surface area contributed by atoms with Crippen molar-refractivity contribution in [1.29, 1.82) is 5.26 Å². The lowest BCUT2D eigenvalue weighted by Crippen LogP contribution is -2.35. The normalized spacial score (nSPS) is 17.1.